The highest BCUT2D eigenvalue weighted by Gasteiger charge is 2.26. The van der Waals surface area contributed by atoms with Gasteiger partial charge in [-0.15, -0.1) is 0 Å². The number of aliphatic hydroxyl groups is 1. The van der Waals surface area contributed by atoms with Crippen LogP contribution in [0.25, 0.3) is 0 Å². The van der Waals surface area contributed by atoms with Crippen molar-refractivity contribution in [1.82, 2.24) is 5.32 Å². The first kappa shape index (κ1) is 12.6. The van der Waals surface area contributed by atoms with E-state index < -0.39 is 0 Å². The molecule has 94 valence electrons. The Balaban J connectivity index is 1.71. The highest BCUT2D eigenvalue weighted by atomic mass is 16.3. The first-order valence-corrected chi connectivity index (χ1v) is 6.62. The minimum atomic E-state index is -0.0351. The molecule has 1 aliphatic carbocycles. The summed E-state index contributed by atoms with van der Waals surface area (Å²) in [5.41, 5.74) is 2.74. The average molecular weight is 233 g/mol. The van der Waals surface area contributed by atoms with Crippen LogP contribution in [0.4, 0.5) is 0 Å². The Labute approximate surface area is 104 Å². The van der Waals surface area contributed by atoms with Gasteiger partial charge in [-0.05, 0) is 42.3 Å². The zero-order valence-corrected chi connectivity index (χ0v) is 10.8. The van der Waals surface area contributed by atoms with E-state index in [0.717, 1.165) is 25.9 Å². The van der Waals surface area contributed by atoms with Crippen molar-refractivity contribution in [2.45, 2.75) is 45.3 Å². The molecule has 1 aromatic carbocycles. The van der Waals surface area contributed by atoms with Crippen molar-refractivity contribution in [2.24, 2.45) is 5.92 Å². The topological polar surface area (TPSA) is 32.3 Å². The van der Waals surface area contributed by atoms with Crippen molar-refractivity contribution < 1.29 is 5.11 Å². The van der Waals surface area contributed by atoms with E-state index in [1.54, 1.807) is 0 Å². The van der Waals surface area contributed by atoms with Gasteiger partial charge in [0.25, 0.3) is 0 Å². The summed E-state index contributed by atoms with van der Waals surface area (Å²) in [4.78, 5) is 0. The molecular formula is C15H23NO. The summed E-state index contributed by atoms with van der Waals surface area (Å²) in [7, 11) is 0. The monoisotopic (exact) mass is 233 g/mol. The predicted molar refractivity (Wildman–Crippen MR) is 71.0 cm³/mol. The minimum Gasteiger partial charge on any atom is -0.393 e. The Morgan fingerprint density at radius 1 is 1.24 bits per heavy atom. The second kappa shape index (κ2) is 5.65. The van der Waals surface area contributed by atoms with Gasteiger partial charge in [-0.2, -0.15) is 0 Å². The van der Waals surface area contributed by atoms with E-state index in [0.29, 0.717) is 11.8 Å². The van der Waals surface area contributed by atoms with Crippen LogP contribution in [-0.2, 0) is 6.54 Å². The van der Waals surface area contributed by atoms with Gasteiger partial charge in [0.2, 0.25) is 0 Å². The smallest absolute Gasteiger partial charge is 0.0546 e. The fourth-order valence-corrected chi connectivity index (χ4v) is 2.31. The quantitative estimate of drug-likeness (QED) is 0.819. The number of benzene rings is 1. The zero-order chi connectivity index (χ0) is 12.3. The summed E-state index contributed by atoms with van der Waals surface area (Å²) in [5.74, 6) is 1.29. The molecule has 2 nitrogen and oxygen atoms in total. The maximum atomic E-state index is 9.19. The molecule has 17 heavy (non-hydrogen) atoms. The van der Waals surface area contributed by atoms with Crippen LogP contribution in [0.1, 0.15) is 43.7 Å². The Bertz CT molecular complexity index is 338. The third kappa shape index (κ3) is 3.55. The normalized spacial score (nSPS) is 23.8. The van der Waals surface area contributed by atoms with Gasteiger partial charge in [0.1, 0.15) is 0 Å². The molecule has 2 heteroatoms. The molecule has 0 spiro atoms. The largest absolute Gasteiger partial charge is 0.393 e. The van der Waals surface area contributed by atoms with Crippen LogP contribution in [0.5, 0.6) is 0 Å². The molecule has 1 aliphatic rings. The summed E-state index contributed by atoms with van der Waals surface area (Å²) in [6.45, 7) is 6.40. The van der Waals surface area contributed by atoms with Gasteiger partial charge < -0.3 is 10.4 Å². The van der Waals surface area contributed by atoms with Crippen LogP contribution in [0, 0.1) is 5.92 Å². The van der Waals surface area contributed by atoms with E-state index in [4.69, 9.17) is 0 Å². The number of rotatable bonds is 5. The number of aliphatic hydroxyl groups excluding tert-OH is 1. The SMILES string of the molecule is CC(C)c1ccc(CNCC2CC(O)C2)cc1. The summed E-state index contributed by atoms with van der Waals surface area (Å²) >= 11 is 0. The van der Waals surface area contributed by atoms with Gasteiger partial charge in [-0.3, -0.25) is 0 Å². The molecule has 0 saturated heterocycles. The summed E-state index contributed by atoms with van der Waals surface area (Å²) in [6.07, 6.45) is 1.91. The number of nitrogens with one attached hydrogen (secondary N) is 1. The molecule has 0 bridgehead atoms. The lowest BCUT2D eigenvalue weighted by molar-refractivity contribution is 0.0430. The van der Waals surface area contributed by atoms with Gasteiger partial charge in [0.15, 0.2) is 0 Å². The van der Waals surface area contributed by atoms with E-state index in [2.05, 4.69) is 43.4 Å². The lowest BCUT2D eigenvalue weighted by Crippen LogP contribution is -2.35. The Hall–Kier alpha value is -0.860. The fourth-order valence-electron chi connectivity index (χ4n) is 2.31. The third-order valence-electron chi connectivity index (χ3n) is 3.62. The van der Waals surface area contributed by atoms with Crippen LogP contribution in [0.3, 0.4) is 0 Å². The van der Waals surface area contributed by atoms with Crippen LogP contribution in [0.15, 0.2) is 24.3 Å². The molecule has 0 amide bonds. The first-order chi connectivity index (χ1) is 8.15. The molecular weight excluding hydrogens is 210 g/mol. The lowest BCUT2D eigenvalue weighted by Gasteiger charge is -2.31. The Kier molecular flexibility index (Phi) is 4.19. The molecule has 0 aromatic heterocycles. The standard InChI is InChI=1S/C15H23NO/c1-11(2)14-5-3-12(4-6-14)9-16-10-13-7-15(17)8-13/h3-6,11,13,15-17H,7-10H2,1-2H3. The fraction of sp³-hybridized carbons (Fsp3) is 0.600. The predicted octanol–water partition coefficient (Wildman–Crippen LogP) is 2.67. The van der Waals surface area contributed by atoms with Gasteiger partial charge in [-0.25, -0.2) is 0 Å². The minimum absolute atomic E-state index is 0.0351. The molecule has 0 heterocycles. The van der Waals surface area contributed by atoms with E-state index >= 15 is 0 Å². The highest BCUT2D eigenvalue weighted by Crippen LogP contribution is 2.26. The van der Waals surface area contributed by atoms with E-state index in [-0.39, 0.29) is 6.10 Å². The van der Waals surface area contributed by atoms with Crippen molar-refractivity contribution in [3.05, 3.63) is 35.4 Å². The number of hydrogen-bond donors (Lipinski definition) is 2. The Morgan fingerprint density at radius 3 is 2.41 bits per heavy atom. The van der Waals surface area contributed by atoms with Crippen molar-refractivity contribution >= 4 is 0 Å². The zero-order valence-electron chi connectivity index (χ0n) is 10.8. The van der Waals surface area contributed by atoms with E-state index in [9.17, 15) is 5.11 Å². The van der Waals surface area contributed by atoms with Crippen LogP contribution in [-0.4, -0.2) is 17.8 Å². The number of hydrogen-bond acceptors (Lipinski definition) is 2. The summed E-state index contributed by atoms with van der Waals surface area (Å²) in [6, 6.07) is 8.85. The highest BCUT2D eigenvalue weighted by molar-refractivity contribution is 5.24. The molecule has 0 radical (unpaired) electrons. The van der Waals surface area contributed by atoms with Gasteiger partial charge in [-0.1, -0.05) is 38.1 Å². The lowest BCUT2D eigenvalue weighted by atomic mass is 9.82. The van der Waals surface area contributed by atoms with Gasteiger partial charge >= 0.3 is 0 Å². The molecule has 1 saturated carbocycles. The maximum Gasteiger partial charge on any atom is 0.0546 e. The van der Waals surface area contributed by atoms with E-state index in [1.165, 1.54) is 11.1 Å². The van der Waals surface area contributed by atoms with Crippen LogP contribution in [0.2, 0.25) is 0 Å². The van der Waals surface area contributed by atoms with Crippen molar-refractivity contribution in [3.8, 4) is 0 Å². The molecule has 1 aromatic rings. The van der Waals surface area contributed by atoms with Gasteiger partial charge in [0, 0.05) is 6.54 Å². The second-order valence-corrected chi connectivity index (χ2v) is 5.52. The van der Waals surface area contributed by atoms with Gasteiger partial charge in [0.05, 0.1) is 6.10 Å². The molecule has 2 rings (SSSR count). The summed E-state index contributed by atoms with van der Waals surface area (Å²) in [5, 5.41) is 12.7. The summed E-state index contributed by atoms with van der Waals surface area (Å²) < 4.78 is 0. The van der Waals surface area contributed by atoms with Crippen molar-refractivity contribution in [3.63, 3.8) is 0 Å². The average Bonchev–Trinajstić information content (AvgIpc) is 2.27. The van der Waals surface area contributed by atoms with Crippen LogP contribution < -0.4 is 5.32 Å². The molecule has 0 atom stereocenters. The first-order valence-electron chi connectivity index (χ1n) is 6.62. The van der Waals surface area contributed by atoms with Crippen LogP contribution >= 0.6 is 0 Å². The molecule has 1 fully saturated rings. The molecule has 0 unspecified atom stereocenters. The third-order valence-corrected chi connectivity index (χ3v) is 3.62. The second-order valence-electron chi connectivity index (χ2n) is 5.52. The molecule has 0 aliphatic heterocycles. The maximum absolute atomic E-state index is 9.19. The molecule has 2 N–H and O–H groups in total. The van der Waals surface area contributed by atoms with E-state index in [1.807, 2.05) is 0 Å². The Morgan fingerprint density at radius 2 is 1.88 bits per heavy atom. The van der Waals surface area contributed by atoms with Crippen molar-refractivity contribution in [1.29, 1.82) is 0 Å². The van der Waals surface area contributed by atoms with Crippen molar-refractivity contribution in [2.75, 3.05) is 6.54 Å².